The summed E-state index contributed by atoms with van der Waals surface area (Å²) in [4.78, 5) is 26.2. The van der Waals surface area contributed by atoms with Crippen LogP contribution in [0.1, 0.15) is 41.5 Å². The molecule has 1 saturated heterocycles. The van der Waals surface area contributed by atoms with E-state index in [2.05, 4.69) is 20.9 Å². The largest absolute Gasteiger partial charge is 0.435 e. The van der Waals surface area contributed by atoms with Gasteiger partial charge in [-0.2, -0.15) is 23.4 Å². The summed E-state index contributed by atoms with van der Waals surface area (Å²) in [5.41, 5.74) is 0.580. The smallest absolute Gasteiger partial charge is 0.432 e. The van der Waals surface area contributed by atoms with Gasteiger partial charge in [-0.25, -0.2) is 14.6 Å². The highest BCUT2D eigenvalue weighted by Crippen LogP contribution is 2.35. The first-order valence-electron chi connectivity index (χ1n) is 10.7. The summed E-state index contributed by atoms with van der Waals surface area (Å²) in [6, 6.07) is 4.12. The molecule has 14 heteroatoms. The number of hydrazone groups is 1. The summed E-state index contributed by atoms with van der Waals surface area (Å²) in [6.07, 6.45) is -4.61. The highest BCUT2D eigenvalue weighted by Gasteiger charge is 2.46. The van der Waals surface area contributed by atoms with Gasteiger partial charge in [-0.1, -0.05) is 11.6 Å². The Bertz CT molecular complexity index is 1160. The SMILES string of the molecule is C[C@@H](CN1CCC2(CC1)OC(=O)NN=C2c1ccc(F)cc1Cl)NC(=O)c1cc(C(F)(F)F)[nH]n1. The van der Waals surface area contributed by atoms with Crippen LogP contribution in [0, 0.1) is 5.82 Å². The number of halogens is 5. The van der Waals surface area contributed by atoms with E-state index in [-0.39, 0.29) is 10.7 Å². The zero-order chi connectivity index (χ0) is 25.4. The van der Waals surface area contributed by atoms with Gasteiger partial charge in [-0.15, -0.1) is 0 Å². The average molecular weight is 517 g/mol. The number of piperidine rings is 1. The number of carbonyl (C=O) groups is 2. The van der Waals surface area contributed by atoms with Crippen molar-refractivity contribution in [3.8, 4) is 0 Å². The third-order valence-electron chi connectivity index (χ3n) is 5.85. The fourth-order valence-corrected chi connectivity index (χ4v) is 4.45. The maximum Gasteiger partial charge on any atom is 0.432 e. The minimum absolute atomic E-state index is 0.133. The molecule has 9 nitrogen and oxygen atoms in total. The molecule has 0 bridgehead atoms. The van der Waals surface area contributed by atoms with Crippen LogP contribution >= 0.6 is 11.6 Å². The summed E-state index contributed by atoms with van der Waals surface area (Å²) in [5, 5.41) is 12.1. The number of H-pyrrole nitrogens is 1. The summed E-state index contributed by atoms with van der Waals surface area (Å²) in [5.74, 6) is -1.24. The predicted octanol–water partition coefficient (Wildman–Crippen LogP) is 3.32. The fraction of sp³-hybridized carbons (Fsp3) is 0.429. The zero-order valence-corrected chi connectivity index (χ0v) is 19.1. The van der Waals surface area contributed by atoms with Crippen molar-refractivity contribution >= 4 is 29.3 Å². The van der Waals surface area contributed by atoms with Crippen LogP contribution in [0.25, 0.3) is 0 Å². The molecule has 0 radical (unpaired) electrons. The topological polar surface area (TPSA) is 112 Å². The first-order valence-corrected chi connectivity index (χ1v) is 11.0. The lowest BCUT2D eigenvalue weighted by Gasteiger charge is -2.43. The van der Waals surface area contributed by atoms with Gasteiger partial charge in [0.1, 0.15) is 17.2 Å². The summed E-state index contributed by atoms with van der Waals surface area (Å²) < 4.78 is 57.3. The standard InChI is InChI=1S/C21H21ClF4N6O3/c1-11(27-18(33)15-9-16(29-28-15)21(24,25)26)10-32-6-4-20(5-7-32)17(30-31-19(34)35-20)13-3-2-12(23)8-14(13)22/h2-3,8-9,11H,4-7,10H2,1H3,(H,27,33)(H,28,29)(H,31,34)/t11-/m0/s1. The molecule has 2 aliphatic heterocycles. The number of nitrogens with one attached hydrogen (secondary N) is 3. The van der Waals surface area contributed by atoms with Crippen molar-refractivity contribution in [2.24, 2.45) is 5.10 Å². The molecular formula is C21H21ClF4N6O3. The molecule has 188 valence electrons. The highest BCUT2D eigenvalue weighted by molar-refractivity contribution is 6.35. The third-order valence-corrected chi connectivity index (χ3v) is 6.17. The number of alkyl halides is 3. The van der Waals surface area contributed by atoms with E-state index >= 15 is 0 Å². The lowest BCUT2D eigenvalue weighted by Crippen LogP contribution is -2.57. The van der Waals surface area contributed by atoms with E-state index in [1.165, 1.54) is 12.1 Å². The van der Waals surface area contributed by atoms with E-state index in [9.17, 15) is 27.2 Å². The van der Waals surface area contributed by atoms with E-state index < -0.39 is 41.3 Å². The molecule has 1 aromatic carbocycles. The Balaban J connectivity index is 1.38. The first kappa shape index (κ1) is 24.9. The van der Waals surface area contributed by atoms with Crippen LogP contribution in [0.15, 0.2) is 29.4 Å². The van der Waals surface area contributed by atoms with Gasteiger partial charge in [0, 0.05) is 50.1 Å². The molecule has 1 spiro atoms. The molecule has 35 heavy (non-hydrogen) atoms. The number of carbonyl (C=O) groups excluding carboxylic acids is 2. The number of likely N-dealkylation sites (tertiary alicyclic amines) is 1. The van der Waals surface area contributed by atoms with Crippen molar-refractivity contribution in [2.75, 3.05) is 19.6 Å². The Labute approximate surface area is 201 Å². The molecular weight excluding hydrogens is 496 g/mol. The van der Waals surface area contributed by atoms with Gasteiger partial charge < -0.3 is 15.0 Å². The lowest BCUT2D eigenvalue weighted by atomic mass is 9.82. The Morgan fingerprint density at radius 3 is 2.66 bits per heavy atom. The van der Waals surface area contributed by atoms with Gasteiger partial charge in [-0.05, 0) is 25.1 Å². The molecule has 2 aromatic rings. The monoisotopic (exact) mass is 516 g/mol. The van der Waals surface area contributed by atoms with Crippen LogP contribution in [-0.2, 0) is 10.9 Å². The van der Waals surface area contributed by atoms with Gasteiger partial charge in [0.2, 0.25) is 0 Å². The number of nitrogens with zero attached hydrogens (tertiary/aromatic N) is 3. The predicted molar refractivity (Wildman–Crippen MR) is 116 cm³/mol. The maximum absolute atomic E-state index is 13.5. The molecule has 1 fully saturated rings. The number of amides is 2. The number of ether oxygens (including phenoxy) is 1. The Hall–Kier alpha value is -3.19. The van der Waals surface area contributed by atoms with E-state index in [4.69, 9.17) is 16.3 Å². The van der Waals surface area contributed by atoms with Gasteiger partial charge >= 0.3 is 12.3 Å². The van der Waals surface area contributed by atoms with E-state index in [1.807, 2.05) is 10.00 Å². The molecule has 2 aliphatic rings. The second kappa shape index (κ2) is 9.46. The van der Waals surface area contributed by atoms with Crippen molar-refractivity contribution in [2.45, 2.75) is 37.6 Å². The van der Waals surface area contributed by atoms with Crippen molar-refractivity contribution in [1.29, 1.82) is 0 Å². The average Bonchev–Trinajstić information content (AvgIpc) is 3.28. The summed E-state index contributed by atoms with van der Waals surface area (Å²) >= 11 is 6.22. The lowest BCUT2D eigenvalue weighted by molar-refractivity contribution is -0.141. The molecule has 2 amide bonds. The highest BCUT2D eigenvalue weighted by atomic mass is 35.5. The van der Waals surface area contributed by atoms with Gasteiger partial charge in [0.15, 0.2) is 11.3 Å². The van der Waals surface area contributed by atoms with Crippen molar-refractivity contribution in [3.63, 3.8) is 0 Å². The molecule has 0 unspecified atom stereocenters. The maximum atomic E-state index is 13.5. The van der Waals surface area contributed by atoms with Crippen molar-refractivity contribution < 1.29 is 31.9 Å². The number of rotatable bonds is 5. The normalized spacial score (nSPS) is 19.0. The van der Waals surface area contributed by atoms with Gasteiger partial charge in [0.05, 0.1) is 5.02 Å². The number of aromatic nitrogens is 2. The Kier molecular flexibility index (Phi) is 6.73. The van der Waals surface area contributed by atoms with Crippen LogP contribution in [0.5, 0.6) is 0 Å². The second-order valence-electron chi connectivity index (χ2n) is 8.42. The number of hydrogen-bond donors (Lipinski definition) is 3. The van der Waals surface area contributed by atoms with Crippen LogP contribution < -0.4 is 10.7 Å². The molecule has 3 N–H and O–H groups in total. The number of benzene rings is 1. The van der Waals surface area contributed by atoms with Crippen molar-refractivity contribution in [3.05, 3.63) is 52.1 Å². The minimum Gasteiger partial charge on any atom is -0.435 e. The van der Waals surface area contributed by atoms with Gasteiger partial charge in [-0.3, -0.25) is 9.89 Å². The zero-order valence-electron chi connectivity index (χ0n) is 18.4. The Morgan fingerprint density at radius 2 is 2.03 bits per heavy atom. The van der Waals surface area contributed by atoms with E-state index in [1.54, 1.807) is 6.92 Å². The fourth-order valence-electron chi connectivity index (χ4n) is 4.19. The molecule has 1 aromatic heterocycles. The summed E-state index contributed by atoms with van der Waals surface area (Å²) in [7, 11) is 0. The molecule has 0 aliphatic carbocycles. The Morgan fingerprint density at radius 1 is 1.31 bits per heavy atom. The van der Waals surface area contributed by atoms with Crippen molar-refractivity contribution in [1.82, 2.24) is 25.8 Å². The van der Waals surface area contributed by atoms with Crippen LogP contribution in [0.4, 0.5) is 22.4 Å². The van der Waals surface area contributed by atoms with Crippen LogP contribution in [-0.4, -0.2) is 64.1 Å². The number of hydrogen-bond acceptors (Lipinski definition) is 6. The quantitative estimate of drug-likeness (QED) is 0.528. The van der Waals surface area contributed by atoms with Crippen LogP contribution in [0.3, 0.4) is 0 Å². The molecule has 4 rings (SSSR count). The molecule has 0 saturated carbocycles. The summed E-state index contributed by atoms with van der Waals surface area (Å²) in [6.45, 7) is 3.04. The van der Waals surface area contributed by atoms with Gasteiger partial charge in [0.25, 0.3) is 5.91 Å². The van der Waals surface area contributed by atoms with E-state index in [0.29, 0.717) is 49.8 Å². The minimum atomic E-state index is -4.63. The van der Waals surface area contributed by atoms with E-state index in [0.717, 1.165) is 6.07 Å². The number of aromatic amines is 1. The van der Waals surface area contributed by atoms with Crippen LogP contribution in [0.2, 0.25) is 5.02 Å². The third kappa shape index (κ3) is 5.40. The molecule has 3 heterocycles. The first-order chi connectivity index (χ1) is 16.5. The second-order valence-corrected chi connectivity index (χ2v) is 8.83. The molecule has 1 atom stereocenters.